The van der Waals surface area contributed by atoms with Gasteiger partial charge in [0.2, 0.25) is 0 Å². The fourth-order valence-corrected chi connectivity index (χ4v) is 4.35. The lowest BCUT2D eigenvalue weighted by molar-refractivity contribution is 0.160. The summed E-state index contributed by atoms with van der Waals surface area (Å²) in [6.45, 7) is 7.00. The van der Waals surface area contributed by atoms with Crippen LogP contribution in [-0.4, -0.2) is 28.2 Å². The molecule has 1 aliphatic heterocycles. The average Bonchev–Trinajstić information content (AvgIpc) is 3.10. The van der Waals surface area contributed by atoms with Gasteiger partial charge >= 0.3 is 0 Å². The molecule has 0 bridgehead atoms. The first-order valence-electron chi connectivity index (χ1n) is 9.56. The van der Waals surface area contributed by atoms with Crippen molar-refractivity contribution in [3.63, 3.8) is 0 Å². The number of benzene rings is 2. The molecule has 2 aromatic carbocycles. The first-order valence-corrected chi connectivity index (χ1v) is 9.56. The Kier molecular flexibility index (Phi) is 4.58. The molecule has 4 rings (SSSR count). The van der Waals surface area contributed by atoms with Gasteiger partial charge in [-0.3, -0.25) is 10.00 Å². The van der Waals surface area contributed by atoms with Crippen LogP contribution in [0.3, 0.4) is 0 Å². The molecule has 0 spiro atoms. The monoisotopic (exact) mass is 333 g/mol. The molecular weight excluding hydrogens is 306 g/mol. The Morgan fingerprint density at radius 2 is 1.80 bits per heavy atom. The van der Waals surface area contributed by atoms with Crippen molar-refractivity contribution in [1.82, 2.24) is 15.1 Å². The van der Waals surface area contributed by atoms with E-state index in [1.54, 1.807) is 0 Å². The molecule has 1 unspecified atom stereocenters. The van der Waals surface area contributed by atoms with Crippen LogP contribution in [0.2, 0.25) is 0 Å². The number of H-pyrrole nitrogens is 1. The lowest BCUT2D eigenvalue weighted by Crippen LogP contribution is -2.34. The van der Waals surface area contributed by atoms with Gasteiger partial charge in [-0.15, -0.1) is 0 Å². The number of rotatable bonds is 4. The third kappa shape index (κ3) is 2.98. The van der Waals surface area contributed by atoms with E-state index in [4.69, 9.17) is 0 Å². The molecule has 1 atom stereocenters. The van der Waals surface area contributed by atoms with E-state index in [0.717, 1.165) is 17.6 Å². The van der Waals surface area contributed by atoms with Crippen LogP contribution < -0.4 is 0 Å². The number of aromatic amines is 1. The van der Waals surface area contributed by atoms with E-state index in [2.05, 4.69) is 71.4 Å². The number of hydrogen-bond acceptors (Lipinski definition) is 2. The van der Waals surface area contributed by atoms with E-state index >= 15 is 0 Å². The van der Waals surface area contributed by atoms with Crippen LogP contribution >= 0.6 is 0 Å². The third-order valence-electron chi connectivity index (χ3n) is 5.59. The zero-order chi connectivity index (χ0) is 17.2. The van der Waals surface area contributed by atoms with Crippen LogP contribution in [0, 0.1) is 6.92 Å². The molecule has 1 aromatic heterocycles. The Morgan fingerprint density at radius 1 is 1.04 bits per heavy atom. The van der Waals surface area contributed by atoms with Crippen molar-refractivity contribution in [3.8, 4) is 11.3 Å². The van der Waals surface area contributed by atoms with E-state index in [-0.39, 0.29) is 0 Å². The number of nitrogens with zero attached hydrogens (tertiary/aromatic N) is 2. The number of aryl methyl sites for hydroxylation is 1. The molecule has 0 aliphatic carbocycles. The van der Waals surface area contributed by atoms with E-state index in [0.29, 0.717) is 6.04 Å². The number of piperidine rings is 1. The van der Waals surface area contributed by atoms with Crippen LogP contribution in [0.5, 0.6) is 0 Å². The van der Waals surface area contributed by atoms with Gasteiger partial charge in [0.25, 0.3) is 0 Å². The third-order valence-corrected chi connectivity index (χ3v) is 5.59. The van der Waals surface area contributed by atoms with Crippen LogP contribution in [0.1, 0.15) is 49.8 Å². The van der Waals surface area contributed by atoms with Gasteiger partial charge in [-0.05, 0) is 56.5 Å². The second kappa shape index (κ2) is 7.01. The smallest absolute Gasteiger partial charge is 0.100 e. The van der Waals surface area contributed by atoms with Crippen molar-refractivity contribution in [3.05, 3.63) is 53.6 Å². The van der Waals surface area contributed by atoms with Crippen molar-refractivity contribution < 1.29 is 0 Å². The Labute approximate surface area is 150 Å². The van der Waals surface area contributed by atoms with Crippen molar-refractivity contribution in [2.24, 2.45) is 0 Å². The number of fused-ring (bicyclic) bond motifs is 1. The minimum absolute atomic E-state index is 0.476. The molecule has 3 nitrogen and oxygen atoms in total. The van der Waals surface area contributed by atoms with Gasteiger partial charge in [0.15, 0.2) is 0 Å². The predicted octanol–water partition coefficient (Wildman–Crippen LogP) is 5.48. The molecule has 2 heterocycles. The maximum Gasteiger partial charge on any atom is 0.100 e. The van der Waals surface area contributed by atoms with Gasteiger partial charge in [-0.25, -0.2) is 0 Å². The first kappa shape index (κ1) is 16.3. The van der Waals surface area contributed by atoms with E-state index in [1.807, 2.05) is 0 Å². The Balaban J connectivity index is 1.89. The summed E-state index contributed by atoms with van der Waals surface area (Å²) in [5.74, 6) is 0. The standard InChI is InChI=1S/C22H27N3/c1-3-19(25-14-8-5-9-15-25)20-16(2)12-13-18-21(20)22(24-23-18)17-10-6-4-7-11-17/h4,6-7,10-13,19H,3,5,8-9,14-15H2,1-2H3,(H,23,24). The van der Waals surface area contributed by atoms with Gasteiger partial charge in [-0.2, -0.15) is 5.10 Å². The SMILES string of the molecule is CCC(c1c(C)ccc2[nH]nc(-c3ccccc3)c12)N1CCCCC1. The van der Waals surface area contributed by atoms with Gasteiger partial charge in [0, 0.05) is 17.0 Å². The highest BCUT2D eigenvalue weighted by atomic mass is 15.2. The normalized spacial score (nSPS) is 17.0. The molecule has 130 valence electrons. The van der Waals surface area contributed by atoms with Gasteiger partial charge in [0.1, 0.15) is 5.69 Å². The fourth-order valence-electron chi connectivity index (χ4n) is 4.35. The molecule has 1 N–H and O–H groups in total. The number of aromatic nitrogens is 2. The predicted molar refractivity (Wildman–Crippen MR) is 105 cm³/mol. The second-order valence-electron chi connectivity index (χ2n) is 7.18. The molecule has 1 fully saturated rings. The molecule has 1 aliphatic rings. The number of likely N-dealkylation sites (tertiary alicyclic amines) is 1. The fraction of sp³-hybridized carbons (Fsp3) is 0.409. The summed E-state index contributed by atoms with van der Waals surface area (Å²) in [4.78, 5) is 2.69. The largest absolute Gasteiger partial charge is 0.296 e. The summed E-state index contributed by atoms with van der Waals surface area (Å²) < 4.78 is 0. The lowest BCUT2D eigenvalue weighted by Gasteiger charge is -2.35. The van der Waals surface area contributed by atoms with Crippen molar-refractivity contribution in [2.75, 3.05) is 13.1 Å². The van der Waals surface area contributed by atoms with Gasteiger partial charge < -0.3 is 0 Å². The highest BCUT2D eigenvalue weighted by Gasteiger charge is 2.26. The van der Waals surface area contributed by atoms with Crippen molar-refractivity contribution in [1.29, 1.82) is 0 Å². The topological polar surface area (TPSA) is 31.9 Å². The maximum atomic E-state index is 4.69. The molecule has 0 radical (unpaired) electrons. The van der Waals surface area contributed by atoms with Crippen molar-refractivity contribution >= 4 is 10.9 Å². The van der Waals surface area contributed by atoms with Crippen LogP contribution in [-0.2, 0) is 0 Å². The Morgan fingerprint density at radius 3 is 2.52 bits per heavy atom. The molecule has 3 heteroatoms. The molecule has 3 aromatic rings. The second-order valence-corrected chi connectivity index (χ2v) is 7.18. The van der Waals surface area contributed by atoms with E-state index in [9.17, 15) is 0 Å². The molecule has 0 amide bonds. The minimum atomic E-state index is 0.476. The van der Waals surface area contributed by atoms with Crippen LogP contribution in [0.4, 0.5) is 0 Å². The molecular formula is C22H27N3. The zero-order valence-electron chi connectivity index (χ0n) is 15.3. The molecule has 1 saturated heterocycles. The van der Waals surface area contributed by atoms with Gasteiger partial charge in [-0.1, -0.05) is 49.7 Å². The summed E-state index contributed by atoms with van der Waals surface area (Å²) in [7, 11) is 0. The maximum absolute atomic E-state index is 4.69. The van der Waals surface area contributed by atoms with E-state index in [1.165, 1.54) is 54.4 Å². The molecule has 25 heavy (non-hydrogen) atoms. The summed E-state index contributed by atoms with van der Waals surface area (Å²) in [6, 6.07) is 15.5. The Bertz CT molecular complexity index is 844. The summed E-state index contributed by atoms with van der Waals surface area (Å²) in [6.07, 6.45) is 5.15. The quantitative estimate of drug-likeness (QED) is 0.686. The minimum Gasteiger partial charge on any atom is -0.296 e. The summed E-state index contributed by atoms with van der Waals surface area (Å²) in [5.41, 5.74) is 6.27. The zero-order valence-corrected chi connectivity index (χ0v) is 15.3. The van der Waals surface area contributed by atoms with Crippen LogP contribution in [0.25, 0.3) is 22.2 Å². The number of nitrogens with one attached hydrogen (secondary N) is 1. The summed E-state index contributed by atoms with van der Waals surface area (Å²) in [5, 5.41) is 9.26. The average molecular weight is 333 g/mol. The molecule has 0 saturated carbocycles. The highest BCUT2D eigenvalue weighted by Crippen LogP contribution is 2.38. The van der Waals surface area contributed by atoms with Gasteiger partial charge in [0.05, 0.1) is 5.52 Å². The Hall–Kier alpha value is -2.13. The first-order chi connectivity index (χ1) is 12.3. The highest BCUT2D eigenvalue weighted by molar-refractivity contribution is 5.96. The van der Waals surface area contributed by atoms with Crippen molar-refractivity contribution in [2.45, 2.75) is 45.6 Å². The number of hydrogen-bond donors (Lipinski definition) is 1. The summed E-state index contributed by atoms with van der Waals surface area (Å²) >= 11 is 0. The van der Waals surface area contributed by atoms with E-state index < -0.39 is 0 Å². The van der Waals surface area contributed by atoms with Crippen LogP contribution in [0.15, 0.2) is 42.5 Å². The lowest BCUT2D eigenvalue weighted by atomic mass is 9.90.